The zero-order valence-corrected chi connectivity index (χ0v) is 48.7. The van der Waals surface area contributed by atoms with Gasteiger partial charge in [-0.05, 0) is 109 Å². The van der Waals surface area contributed by atoms with Crippen LogP contribution in [0.25, 0.3) is 0 Å². The number of allylic oxidation sites excluding steroid dienone is 10. The van der Waals surface area contributed by atoms with Gasteiger partial charge in [0.25, 0.3) is 0 Å². The number of ether oxygens (including phenoxy) is 3. The highest BCUT2D eigenvalue weighted by molar-refractivity contribution is 5.71. The molecule has 424 valence electrons. The summed E-state index contributed by atoms with van der Waals surface area (Å²) in [5, 5.41) is 0. The van der Waals surface area contributed by atoms with E-state index >= 15 is 0 Å². The van der Waals surface area contributed by atoms with Gasteiger partial charge in [0.1, 0.15) is 13.2 Å². The Labute approximate surface area is 453 Å². The summed E-state index contributed by atoms with van der Waals surface area (Å²) in [6.07, 6.45) is 77.9. The van der Waals surface area contributed by atoms with Crippen LogP contribution < -0.4 is 0 Å². The van der Waals surface area contributed by atoms with Crippen molar-refractivity contribution < 1.29 is 28.6 Å². The summed E-state index contributed by atoms with van der Waals surface area (Å²) in [4.78, 5) is 38.3. The van der Waals surface area contributed by atoms with Crippen LogP contribution in [0, 0.1) is 0 Å². The van der Waals surface area contributed by atoms with Crippen molar-refractivity contribution in [3.63, 3.8) is 0 Å². The smallest absolute Gasteiger partial charge is 0.306 e. The van der Waals surface area contributed by atoms with Crippen molar-refractivity contribution in [1.29, 1.82) is 0 Å². The second-order valence-corrected chi connectivity index (χ2v) is 21.3. The summed E-state index contributed by atoms with van der Waals surface area (Å²) in [5.41, 5.74) is 0. The lowest BCUT2D eigenvalue weighted by molar-refractivity contribution is -0.167. The van der Waals surface area contributed by atoms with Gasteiger partial charge >= 0.3 is 17.9 Å². The van der Waals surface area contributed by atoms with Crippen molar-refractivity contribution >= 4 is 17.9 Å². The van der Waals surface area contributed by atoms with Gasteiger partial charge in [0, 0.05) is 19.3 Å². The Morgan fingerprint density at radius 2 is 0.493 bits per heavy atom. The minimum Gasteiger partial charge on any atom is -0.462 e. The van der Waals surface area contributed by atoms with Gasteiger partial charge in [-0.2, -0.15) is 0 Å². The maximum atomic E-state index is 12.9. The first-order valence-electron chi connectivity index (χ1n) is 31.8. The topological polar surface area (TPSA) is 78.9 Å². The van der Waals surface area contributed by atoms with Crippen LogP contribution in [-0.2, 0) is 28.6 Å². The molecular formula is C67H120O6. The fourth-order valence-corrected chi connectivity index (χ4v) is 9.15. The molecule has 0 aliphatic rings. The zero-order chi connectivity index (χ0) is 52.9. The third kappa shape index (κ3) is 59.9. The van der Waals surface area contributed by atoms with Crippen LogP contribution >= 0.6 is 0 Å². The molecule has 6 nitrogen and oxygen atoms in total. The molecule has 73 heavy (non-hydrogen) atoms. The zero-order valence-electron chi connectivity index (χ0n) is 48.7. The van der Waals surface area contributed by atoms with E-state index in [0.29, 0.717) is 19.3 Å². The molecule has 1 atom stereocenters. The van der Waals surface area contributed by atoms with Crippen molar-refractivity contribution in [2.75, 3.05) is 13.2 Å². The molecule has 0 aliphatic carbocycles. The minimum absolute atomic E-state index is 0.0857. The summed E-state index contributed by atoms with van der Waals surface area (Å²) in [6, 6.07) is 0. The maximum Gasteiger partial charge on any atom is 0.306 e. The Kier molecular flexibility index (Phi) is 59.2. The number of esters is 3. The lowest BCUT2D eigenvalue weighted by Gasteiger charge is -2.18. The van der Waals surface area contributed by atoms with Crippen LogP contribution in [-0.4, -0.2) is 37.2 Å². The van der Waals surface area contributed by atoms with E-state index in [9.17, 15) is 14.4 Å². The average molecular weight is 1020 g/mol. The minimum atomic E-state index is -0.791. The van der Waals surface area contributed by atoms with E-state index in [1.165, 1.54) is 218 Å². The van der Waals surface area contributed by atoms with E-state index in [1.807, 2.05) is 0 Å². The van der Waals surface area contributed by atoms with Crippen molar-refractivity contribution in [2.24, 2.45) is 0 Å². The normalized spacial score (nSPS) is 12.4. The van der Waals surface area contributed by atoms with E-state index in [1.54, 1.807) is 0 Å². The predicted molar refractivity (Wildman–Crippen MR) is 316 cm³/mol. The lowest BCUT2D eigenvalue weighted by atomic mass is 10.0. The number of carbonyl (C=O) groups excluding carboxylic acids is 3. The molecule has 0 radical (unpaired) electrons. The third-order valence-electron chi connectivity index (χ3n) is 14.0. The molecule has 0 bridgehead atoms. The monoisotopic (exact) mass is 1020 g/mol. The number of hydrogen-bond acceptors (Lipinski definition) is 6. The maximum absolute atomic E-state index is 12.9. The molecule has 0 aromatic rings. The standard InChI is InChI=1S/C67H120O6/c1-4-7-10-13-16-19-22-25-28-30-32-33-35-37-40-43-46-49-52-55-58-61-67(70)73-64(62-71-65(68)59-56-53-50-47-44-41-38-27-24-21-18-15-12-9-6-3)63-72-66(69)60-57-54-51-48-45-42-39-36-34-31-29-26-23-20-17-14-11-8-5-2/h18,21,25-29,38,44,47,64H,4-17,19-20,22-24,30-37,39-43,45-46,48-63H2,1-3H3/b21-18-,28-25-,29-26-,38-27-,47-44-/t64-/m1/s1. The first-order chi connectivity index (χ1) is 36.0. The van der Waals surface area contributed by atoms with Gasteiger partial charge in [0.2, 0.25) is 0 Å². The van der Waals surface area contributed by atoms with Crippen LogP contribution in [0.4, 0.5) is 0 Å². The van der Waals surface area contributed by atoms with Crippen molar-refractivity contribution in [3.8, 4) is 0 Å². The number of hydrogen-bond donors (Lipinski definition) is 0. The Morgan fingerprint density at radius 1 is 0.274 bits per heavy atom. The molecule has 0 fully saturated rings. The molecular weight excluding hydrogens is 901 g/mol. The molecule has 0 N–H and O–H groups in total. The Bertz CT molecular complexity index is 1310. The quantitative estimate of drug-likeness (QED) is 0.0261. The van der Waals surface area contributed by atoms with Crippen molar-refractivity contribution in [3.05, 3.63) is 60.8 Å². The summed E-state index contributed by atoms with van der Waals surface area (Å²) >= 11 is 0. The molecule has 0 unspecified atom stereocenters. The van der Waals surface area contributed by atoms with Gasteiger partial charge in [-0.25, -0.2) is 0 Å². The van der Waals surface area contributed by atoms with E-state index in [-0.39, 0.29) is 31.1 Å². The van der Waals surface area contributed by atoms with Crippen LogP contribution in [0.3, 0.4) is 0 Å². The average Bonchev–Trinajstić information content (AvgIpc) is 3.39. The molecule has 0 amide bonds. The van der Waals surface area contributed by atoms with E-state index in [0.717, 1.165) is 70.6 Å². The van der Waals surface area contributed by atoms with Crippen LogP contribution in [0.1, 0.15) is 329 Å². The second kappa shape index (κ2) is 61.7. The fourth-order valence-electron chi connectivity index (χ4n) is 9.15. The van der Waals surface area contributed by atoms with Crippen molar-refractivity contribution in [2.45, 2.75) is 335 Å². The SMILES string of the molecule is CCCCC/C=C\C/C=C\C/C=C\CCCCC(=O)OC[C@H](COC(=O)CCCCCCCCCCC/C=C\CCCCCCCC)OC(=O)CCCCCCCCCCCCC/C=C\CCCCCCCC. The van der Waals surface area contributed by atoms with Gasteiger partial charge in [-0.3, -0.25) is 14.4 Å². The van der Waals surface area contributed by atoms with Crippen LogP contribution in [0.5, 0.6) is 0 Å². The number of rotatable bonds is 58. The van der Waals surface area contributed by atoms with Crippen molar-refractivity contribution in [1.82, 2.24) is 0 Å². The highest BCUT2D eigenvalue weighted by Crippen LogP contribution is 2.16. The molecule has 0 rings (SSSR count). The van der Waals surface area contributed by atoms with Crippen LogP contribution in [0.2, 0.25) is 0 Å². The van der Waals surface area contributed by atoms with E-state index < -0.39 is 6.10 Å². The van der Waals surface area contributed by atoms with Gasteiger partial charge in [-0.1, -0.05) is 261 Å². The third-order valence-corrected chi connectivity index (χ3v) is 14.0. The Morgan fingerprint density at radius 3 is 0.836 bits per heavy atom. The molecule has 6 heteroatoms. The van der Waals surface area contributed by atoms with E-state index in [4.69, 9.17) is 14.2 Å². The largest absolute Gasteiger partial charge is 0.462 e. The molecule has 0 saturated carbocycles. The molecule has 0 spiro atoms. The second-order valence-electron chi connectivity index (χ2n) is 21.3. The highest BCUT2D eigenvalue weighted by atomic mass is 16.6. The number of carbonyl (C=O) groups is 3. The summed E-state index contributed by atoms with van der Waals surface area (Å²) < 4.78 is 16.9. The van der Waals surface area contributed by atoms with Gasteiger partial charge in [-0.15, -0.1) is 0 Å². The molecule has 0 aromatic carbocycles. The Hall–Kier alpha value is -2.89. The van der Waals surface area contributed by atoms with Crippen LogP contribution in [0.15, 0.2) is 60.8 Å². The first kappa shape index (κ1) is 70.1. The molecule has 0 saturated heterocycles. The molecule has 0 heterocycles. The highest BCUT2D eigenvalue weighted by Gasteiger charge is 2.19. The molecule has 0 aromatic heterocycles. The van der Waals surface area contributed by atoms with Gasteiger partial charge in [0.05, 0.1) is 0 Å². The first-order valence-corrected chi connectivity index (χ1v) is 31.8. The number of unbranched alkanes of at least 4 members (excludes halogenated alkanes) is 37. The predicted octanol–water partition coefficient (Wildman–Crippen LogP) is 21.6. The van der Waals surface area contributed by atoms with Gasteiger partial charge in [0.15, 0.2) is 6.10 Å². The lowest BCUT2D eigenvalue weighted by Crippen LogP contribution is -2.30. The summed E-state index contributed by atoms with van der Waals surface area (Å²) in [7, 11) is 0. The summed E-state index contributed by atoms with van der Waals surface area (Å²) in [6.45, 7) is 6.61. The summed E-state index contributed by atoms with van der Waals surface area (Å²) in [5.74, 6) is -0.912. The molecule has 0 aliphatic heterocycles. The van der Waals surface area contributed by atoms with Gasteiger partial charge < -0.3 is 14.2 Å². The van der Waals surface area contributed by atoms with E-state index in [2.05, 4.69) is 81.5 Å². The fraction of sp³-hybridized carbons (Fsp3) is 0.806. The Balaban J connectivity index is 4.38.